The maximum Gasteiger partial charge on any atom is 0.160 e. The van der Waals surface area contributed by atoms with Crippen molar-refractivity contribution in [3.05, 3.63) is 71.8 Å². The zero-order valence-electron chi connectivity index (χ0n) is 12.5. The van der Waals surface area contributed by atoms with Gasteiger partial charge < -0.3 is 11.1 Å². The van der Waals surface area contributed by atoms with Gasteiger partial charge in [0.2, 0.25) is 0 Å². The third-order valence-electron chi connectivity index (χ3n) is 3.81. The minimum atomic E-state index is 0.226. The van der Waals surface area contributed by atoms with Crippen molar-refractivity contribution in [3.8, 4) is 0 Å². The second kappa shape index (κ2) is 6.48. The van der Waals surface area contributed by atoms with Gasteiger partial charge in [-0.15, -0.1) is 0 Å². The van der Waals surface area contributed by atoms with E-state index in [4.69, 9.17) is 5.73 Å². The predicted octanol–water partition coefficient (Wildman–Crippen LogP) is 3.38. The Bertz CT molecular complexity index is 670. The molecule has 1 saturated carbocycles. The summed E-state index contributed by atoms with van der Waals surface area (Å²) < 4.78 is 0. The van der Waals surface area contributed by atoms with Gasteiger partial charge in [-0.05, 0) is 36.1 Å². The molecule has 2 aromatic carbocycles. The number of nitrogens with two attached hydrogens (primary N) is 1. The second-order valence-corrected chi connectivity index (χ2v) is 5.70. The lowest BCUT2D eigenvalue weighted by atomic mass is 10.1. The zero-order chi connectivity index (χ0) is 15.4. The molecule has 2 aromatic rings. The maximum atomic E-state index is 12.1. The highest BCUT2D eigenvalue weighted by molar-refractivity contribution is 5.99. The van der Waals surface area contributed by atoms with E-state index in [9.17, 15) is 4.79 Å². The van der Waals surface area contributed by atoms with Gasteiger partial charge in [-0.3, -0.25) is 4.79 Å². The van der Waals surface area contributed by atoms with Crippen LogP contribution < -0.4 is 11.1 Å². The molecule has 0 unspecified atom stereocenters. The molecule has 1 aliphatic rings. The molecule has 112 valence electrons. The highest BCUT2D eigenvalue weighted by Gasteiger charge is 2.28. The molecule has 3 rings (SSSR count). The Balaban J connectivity index is 1.76. The molecule has 0 spiro atoms. The highest BCUT2D eigenvalue weighted by Crippen LogP contribution is 2.31. The normalized spacial score (nSPS) is 14.6. The summed E-state index contributed by atoms with van der Waals surface area (Å²) in [5, 5.41) is 3.38. The van der Waals surface area contributed by atoms with Crippen molar-refractivity contribution in [2.24, 2.45) is 5.92 Å². The highest BCUT2D eigenvalue weighted by atomic mass is 16.1. The predicted molar refractivity (Wildman–Crippen MR) is 89.8 cm³/mol. The van der Waals surface area contributed by atoms with E-state index in [1.807, 2.05) is 54.6 Å². The molecule has 22 heavy (non-hydrogen) atoms. The first kappa shape index (κ1) is 14.4. The summed E-state index contributed by atoms with van der Waals surface area (Å²) >= 11 is 0. The molecule has 3 heteroatoms. The topological polar surface area (TPSA) is 55.1 Å². The second-order valence-electron chi connectivity index (χ2n) is 5.70. The first-order valence-electron chi connectivity index (χ1n) is 7.61. The van der Waals surface area contributed by atoms with Crippen LogP contribution >= 0.6 is 0 Å². The lowest BCUT2D eigenvalue weighted by molar-refractivity contribution is -0.115. The number of allylic oxidation sites excluding steroid dienone is 1. The molecule has 3 N–H and O–H groups in total. The van der Waals surface area contributed by atoms with E-state index in [0.717, 1.165) is 35.4 Å². The molecule has 1 aliphatic carbocycles. The van der Waals surface area contributed by atoms with E-state index in [2.05, 4.69) is 5.32 Å². The zero-order valence-corrected chi connectivity index (χ0v) is 12.5. The van der Waals surface area contributed by atoms with Gasteiger partial charge in [0.05, 0.1) is 0 Å². The van der Waals surface area contributed by atoms with E-state index < -0.39 is 0 Å². The minimum absolute atomic E-state index is 0.226. The monoisotopic (exact) mass is 292 g/mol. The fraction of sp³-hybridized carbons (Fsp3) is 0.211. The van der Waals surface area contributed by atoms with Gasteiger partial charge >= 0.3 is 0 Å². The number of nitrogen functional groups attached to an aromatic ring is 1. The average Bonchev–Trinajstić information content (AvgIpc) is 3.38. The van der Waals surface area contributed by atoms with E-state index in [-0.39, 0.29) is 11.7 Å². The molecule has 0 bridgehead atoms. The number of benzene rings is 2. The Morgan fingerprint density at radius 2 is 1.77 bits per heavy atom. The Hall–Kier alpha value is -2.55. The number of nitrogens with one attached hydrogen (secondary N) is 1. The molecule has 0 heterocycles. The lowest BCUT2D eigenvalue weighted by Gasteiger charge is -2.12. The van der Waals surface area contributed by atoms with Gasteiger partial charge in [-0.1, -0.05) is 42.5 Å². The Labute approximate surface area is 130 Å². The molecule has 0 aromatic heterocycles. The summed E-state index contributed by atoms with van der Waals surface area (Å²) in [6.45, 7) is 0.666. The van der Waals surface area contributed by atoms with Crippen molar-refractivity contribution < 1.29 is 4.79 Å². The fourth-order valence-electron chi connectivity index (χ4n) is 2.31. The summed E-state index contributed by atoms with van der Waals surface area (Å²) in [5.41, 5.74) is 9.51. The maximum absolute atomic E-state index is 12.1. The van der Waals surface area contributed by atoms with E-state index >= 15 is 0 Å². The molecule has 3 nitrogen and oxygen atoms in total. The number of rotatable bonds is 6. The average molecular weight is 292 g/mol. The van der Waals surface area contributed by atoms with Gasteiger partial charge in [-0.2, -0.15) is 0 Å². The number of carbonyl (C=O) groups is 1. The van der Waals surface area contributed by atoms with Crippen molar-refractivity contribution in [3.63, 3.8) is 0 Å². The van der Waals surface area contributed by atoms with Crippen LogP contribution in [-0.2, 0) is 11.3 Å². The molecule has 0 atom stereocenters. The fourth-order valence-corrected chi connectivity index (χ4v) is 2.31. The van der Waals surface area contributed by atoms with Gasteiger partial charge in [0.25, 0.3) is 0 Å². The largest absolute Gasteiger partial charge is 0.399 e. The van der Waals surface area contributed by atoms with E-state index in [1.165, 1.54) is 0 Å². The summed E-state index contributed by atoms with van der Waals surface area (Å²) in [5.74, 6) is 0.459. The van der Waals surface area contributed by atoms with Crippen molar-refractivity contribution in [1.29, 1.82) is 0 Å². The first-order valence-corrected chi connectivity index (χ1v) is 7.61. The SMILES string of the molecule is Nc1ccc(CN/C(=C\C(=O)C2CC2)c2ccccc2)cc1. The molecule has 0 aliphatic heterocycles. The Morgan fingerprint density at radius 1 is 1.09 bits per heavy atom. The van der Waals surface area contributed by atoms with Crippen LogP contribution in [0.3, 0.4) is 0 Å². The molecule has 0 amide bonds. The van der Waals surface area contributed by atoms with Crippen molar-refractivity contribution in [2.75, 3.05) is 5.73 Å². The standard InChI is InChI=1S/C19H20N2O/c20-17-10-6-14(7-11-17)13-21-18(12-19(22)16-8-9-16)15-4-2-1-3-5-15/h1-7,10-12,16,21H,8-9,13,20H2/b18-12-. The van der Waals surface area contributed by atoms with Crippen LogP contribution in [-0.4, -0.2) is 5.78 Å². The van der Waals surface area contributed by atoms with Crippen LogP contribution in [0.25, 0.3) is 5.70 Å². The van der Waals surface area contributed by atoms with Crippen molar-refractivity contribution in [2.45, 2.75) is 19.4 Å². The van der Waals surface area contributed by atoms with Crippen LogP contribution in [0.2, 0.25) is 0 Å². The summed E-state index contributed by atoms with van der Waals surface area (Å²) in [4.78, 5) is 12.1. The van der Waals surface area contributed by atoms with Crippen LogP contribution in [0.5, 0.6) is 0 Å². The van der Waals surface area contributed by atoms with Gasteiger partial charge in [0, 0.05) is 29.9 Å². The third-order valence-corrected chi connectivity index (χ3v) is 3.81. The van der Waals surface area contributed by atoms with E-state index in [0.29, 0.717) is 6.54 Å². The van der Waals surface area contributed by atoms with Gasteiger partial charge in [-0.25, -0.2) is 0 Å². The Kier molecular flexibility index (Phi) is 4.24. The van der Waals surface area contributed by atoms with Crippen LogP contribution in [0.1, 0.15) is 24.0 Å². The summed E-state index contributed by atoms with van der Waals surface area (Å²) in [6.07, 6.45) is 3.80. The van der Waals surface area contributed by atoms with E-state index in [1.54, 1.807) is 6.08 Å². The third kappa shape index (κ3) is 3.76. The lowest BCUT2D eigenvalue weighted by Crippen LogP contribution is -2.14. The minimum Gasteiger partial charge on any atom is -0.399 e. The molecule has 1 fully saturated rings. The number of ketones is 1. The van der Waals surface area contributed by atoms with Gasteiger partial charge in [0.15, 0.2) is 5.78 Å². The molecule has 0 radical (unpaired) electrons. The number of carbonyl (C=O) groups excluding carboxylic acids is 1. The number of anilines is 1. The van der Waals surface area contributed by atoms with Crippen molar-refractivity contribution in [1.82, 2.24) is 5.32 Å². The molecular formula is C19H20N2O. The quantitative estimate of drug-likeness (QED) is 0.634. The van der Waals surface area contributed by atoms with Gasteiger partial charge in [0.1, 0.15) is 0 Å². The van der Waals surface area contributed by atoms with Crippen LogP contribution in [0.4, 0.5) is 5.69 Å². The van der Waals surface area contributed by atoms with Crippen LogP contribution in [0.15, 0.2) is 60.7 Å². The molecule has 0 saturated heterocycles. The summed E-state index contributed by atoms with van der Waals surface area (Å²) in [6, 6.07) is 17.7. The van der Waals surface area contributed by atoms with Crippen molar-refractivity contribution >= 4 is 17.2 Å². The summed E-state index contributed by atoms with van der Waals surface area (Å²) in [7, 11) is 0. The number of hydrogen-bond donors (Lipinski definition) is 2. The van der Waals surface area contributed by atoms with Crippen LogP contribution in [0, 0.1) is 5.92 Å². The molecular weight excluding hydrogens is 272 g/mol. The smallest absolute Gasteiger partial charge is 0.160 e. The number of hydrogen-bond acceptors (Lipinski definition) is 3. The Morgan fingerprint density at radius 3 is 2.41 bits per heavy atom. The first-order chi connectivity index (χ1) is 10.7.